The highest BCUT2D eigenvalue weighted by molar-refractivity contribution is 5.96. The summed E-state index contributed by atoms with van der Waals surface area (Å²) in [7, 11) is 2.96. The third-order valence-corrected chi connectivity index (χ3v) is 4.75. The average molecular weight is 408 g/mol. The summed E-state index contributed by atoms with van der Waals surface area (Å²) in [6, 6.07) is 6.42. The lowest BCUT2D eigenvalue weighted by atomic mass is 10.1. The van der Waals surface area contributed by atoms with E-state index in [1.54, 1.807) is 23.1 Å². The molecule has 0 unspecified atom stereocenters. The van der Waals surface area contributed by atoms with Crippen molar-refractivity contribution in [3.05, 3.63) is 58.9 Å². The molecule has 3 rings (SSSR count). The second kappa shape index (κ2) is 8.42. The highest BCUT2D eigenvalue weighted by atomic mass is 19.2. The fraction of sp³-hybridized carbons (Fsp3) is 0.300. The molecule has 1 heterocycles. The van der Waals surface area contributed by atoms with Gasteiger partial charge in [0, 0.05) is 31.7 Å². The number of benzene rings is 2. The van der Waals surface area contributed by atoms with Gasteiger partial charge in [0.05, 0.1) is 19.8 Å². The molecule has 2 aromatic rings. The van der Waals surface area contributed by atoms with Crippen LogP contribution < -0.4 is 9.47 Å². The van der Waals surface area contributed by atoms with Crippen LogP contribution in [0.5, 0.6) is 11.5 Å². The highest BCUT2D eigenvalue weighted by Gasteiger charge is 2.28. The molecule has 154 valence electrons. The van der Waals surface area contributed by atoms with Gasteiger partial charge in [0.15, 0.2) is 29.0 Å². The minimum atomic E-state index is -1.68. The van der Waals surface area contributed by atoms with Crippen LogP contribution in [0.2, 0.25) is 0 Å². The normalized spacial score (nSPS) is 14.0. The minimum Gasteiger partial charge on any atom is -0.493 e. The van der Waals surface area contributed by atoms with Crippen LogP contribution in [-0.4, -0.2) is 62.0 Å². The molecule has 1 saturated heterocycles. The largest absolute Gasteiger partial charge is 0.493 e. The van der Waals surface area contributed by atoms with E-state index in [9.17, 15) is 22.8 Å². The molecule has 0 atom stereocenters. The first kappa shape index (κ1) is 20.5. The van der Waals surface area contributed by atoms with E-state index in [2.05, 4.69) is 0 Å². The van der Waals surface area contributed by atoms with Gasteiger partial charge in [-0.1, -0.05) is 0 Å². The summed E-state index contributed by atoms with van der Waals surface area (Å²) < 4.78 is 50.7. The van der Waals surface area contributed by atoms with E-state index in [0.717, 1.165) is 6.07 Å². The number of hydrogen-bond donors (Lipinski definition) is 0. The first-order valence-electron chi connectivity index (χ1n) is 8.81. The zero-order valence-corrected chi connectivity index (χ0v) is 15.9. The average Bonchev–Trinajstić information content (AvgIpc) is 2.76. The first-order chi connectivity index (χ1) is 13.9. The highest BCUT2D eigenvalue weighted by Crippen LogP contribution is 2.28. The number of halogens is 3. The van der Waals surface area contributed by atoms with Crippen molar-refractivity contribution >= 4 is 11.8 Å². The molecular formula is C20H19F3N2O4. The number of methoxy groups -OCH3 is 2. The van der Waals surface area contributed by atoms with Crippen LogP contribution in [-0.2, 0) is 0 Å². The molecule has 1 fully saturated rings. The Kier molecular flexibility index (Phi) is 5.95. The van der Waals surface area contributed by atoms with Crippen molar-refractivity contribution in [2.45, 2.75) is 0 Å². The zero-order chi connectivity index (χ0) is 21.1. The summed E-state index contributed by atoms with van der Waals surface area (Å²) in [5.74, 6) is -4.65. The van der Waals surface area contributed by atoms with Crippen LogP contribution in [0.15, 0.2) is 30.3 Å². The Hall–Kier alpha value is -3.23. The Morgan fingerprint density at radius 3 is 1.97 bits per heavy atom. The van der Waals surface area contributed by atoms with E-state index in [1.807, 2.05) is 0 Å². The van der Waals surface area contributed by atoms with Crippen molar-refractivity contribution < 1.29 is 32.2 Å². The summed E-state index contributed by atoms with van der Waals surface area (Å²) in [5, 5.41) is 0. The maximum Gasteiger partial charge on any atom is 0.257 e. The van der Waals surface area contributed by atoms with Crippen molar-refractivity contribution in [2.75, 3.05) is 40.4 Å². The number of carbonyl (C=O) groups is 2. The fourth-order valence-electron chi connectivity index (χ4n) is 3.13. The monoisotopic (exact) mass is 408 g/mol. The van der Waals surface area contributed by atoms with Gasteiger partial charge in [-0.25, -0.2) is 13.2 Å². The molecule has 2 aromatic carbocycles. The van der Waals surface area contributed by atoms with Gasteiger partial charge in [-0.3, -0.25) is 9.59 Å². The Morgan fingerprint density at radius 2 is 1.38 bits per heavy atom. The summed E-state index contributed by atoms with van der Waals surface area (Å²) in [6.45, 7) is 0.695. The predicted molar refractivity (Wildman–Crippen MR) is 97.7 cm³/mol. The topological polar surface area (TPSA) is 59.1 Å². The summed E-state index contributed by atoms with van der Waals surface area (Å²) in [5.41, 5.74) is -0.141. The number of carbonyl (C=O) groups excluding carboxylic acids is 2. The van der Waals surface area contributed by atoms with Crippen LogP contribution >= 0.6 is 0 Å². The molecule has 0 aliphatic carbocycles. The molecule has 0 aromatic heterocycles. The van der Waals surface area contributed by atoms with Gasteiger partial charge in [-0.15, -0.1) is 0 Å². The third-order valence-electron chi connectivity index (χ3n) is 4.75. The van der Waals surface area contributed by atoms with Gasteiger partial charge in [0.2, 0.25) is 0 Å². The number of amides is 2. The number of piperazine rings is 1. The Labute approximate surface area is 165 Å². The Bertz CT molecular complexity index is 944. The second-order valence-electron chi connectivity index (χ2n) is 6.38. The maximum absolute atomic E-state index is 13.9. The number of rotatable bonds is 4. The molecule has 0 N–H and O–H groups in total. The number of nitrogens with zero attached hydrogens (tertiary/aromatic N) is 2. The molecule has 0 bridgehead atoms. The van der Waals surface area contributed by atoms with Gasteiger partial charge in [-0.2, -0.15) is 0 Å². The van der Waals surface area contributed by atoms with Crippen LogP contribution in [0, 0.1) is 17.5 Å². The van der Waals surface area contributed by atoms with Gasteiger partial charge in [0.1, 0.15) is 0 Å². The zero-order valence-electron chi connectivity index (χ0n) is 15.9. The standard InChI is InChI=1S/C20H19F3N2O4/c1-28-15-6-3-12(11-16(15)29-2)19(26)24-7-9-25(10-8-24)20(27)13-4-5-14(21)18(23)17(13)22/h3-6,11H,7-10H2,1-2H3. The molecule has 9 heteroatoms. The third kappa shape index (κ3) is 3.98. The second-order valence-corrected chi connectivity index (χ2v) is 6.38. The number of ether oxygens (including phenoxy) is 2. The summed E-state index contributed by atoms with van der Waals surface area (Å²) >= 11 is 0. The van der Waals surface area contributed by atoms with Gasteiger partial charge in [0.25, 0.3) is 11.8 Å². The smallest absolute Gasteiger partial charge is 0.257 e. The predicted octanol–water partition coefficient (Wildman–Crippen LogP) is 2.72. The fourth-order valence-corrected chi connectivity index (χ4v) is 3.13. The van der Waals surface area contributed by atoms with Crippen LogP contribution in [0.4, 0.5) is 13.2 Å². The van der Waals surface area contributed by atoms with Crippen molar-refractivity contribution in [1.82, 2.24) is 9.80 Å². The van der Waals surface area contributed by atoms with Gasteiger partial charge >= 0.3 is 0 Å². The van der Waals surface area contributed by atoms with E-state index in [0.29, 0.717) is 23.1 Å². The van der Waals surface area contributed by atoms with Crippen LogP contribution in [0.3, 0.4) is 0 Å². The molecule has 1 aliphatic rings. The maximum atomic E-state index is 13.9. The Morgan fingerprint density at radius 1 is 0.793 bits per heavy atom. The Balaban J connectivity index is 1.68. The van der Waals surface area contributed by atoms with Crippen molar-refractivity contribution in [3.8, 4) is 11.5 Å². The minimum absolute atomic E-state index is 0.135. The van der Waals surface area contributed by atoms with Gasteiger partial charge in [-0.05, 0) is 30.3 Å². The molecule has 1 aliphatic heterocycles. The molecule has 0 saturated carbocycles. The lowest BCUT2D eigenvalue weighted by molar-refractivity contribution is 0.0532. The molecule has 0 spiro atoms. The molecule has 0 radical (unpaired) electrons. The summed E-state index contributed by atoms with van der Waals surface area (Å²) in [6.07, 6.45) is 0. The van der Waals surface area contributed by atoms with Crippen molar-refractivity contribution in [1.29, 1.82) is 0 Å². The first-order valence-corrected chi connectivity index (χ1v) is 8.81. The van der Waals surface area contributed by atoms with Crippen molar-refractivity contribution in [3.63, 3.8) is 0 Å². The molecule has 6 nitrogen and oxygen atoms in total. The van der Waals surface area contributed by atoms with Gasteiger partial charge < -0.3 is 19.3 Å². The quantitative estimate of drug-likeness (QED) is 0.730. The SMILES string of the molecule is COc1ccc(C(=O)N2CCN(C(=O)c3ccc(F)c(F)c3F)CC2)cc1OC. The number of hydrogen-bond acceptors (Lipinski definition) is 4. The van der Waals surface area contributed by atoms with E-state index in [1.165, 1.54) is 19.1 Å². The lowest BCUT2D eigenvalue weighted by Crippen LogP contribution is -2.50. The summed E-state index contributed by atoms with van der Waals surface area (Å²) in [4.78, 5) is 28.0. The van der Waals surface area contributed by atoms with Crippen LogP contribution in [0.1, 0.15) is 20.7 Å². The molecule has 29 heavy (non-hydrogen) atoms. The molecule has 2 amide bonds. The van der Waals surface area contributed by atoms with E-state index >= 15 is 0 Å². The van der Waals surface area contributed by atoms with E-state index in [-0.39, 0.29) is 32.1 Å². The van der Waals surface area contributed by atoms with E-state index < -0.39 is 28.9 Å². The molecular weight excluding hydrogens is 389 g/mol. The van der Waals surface area contributed by atoms with Crippen molar-refractivity contribution in [2.24, 2.45) is 0 Å². The lowest BCUT2D eigenvalue weighted by Gasteiger charge is -2.35. The van der Waals surface area contributed by atoms with E-state index in [4.69, 9.17) is 9.47 Å². The van der Waals surface area contributed by atoms with Crippen LogP contribution in [0.25, 0.3) is 0 Å².